The molecule has 0 fully saturated rings. The molecule has 0 saturated heterocycles. The van der Waals surface area contributed by atoms with Gasteiger partial charge in [0, 0.05) is 11.6 Å². The first kappa shape index (κ1) is 11.4. The number of halogens is 1. The number of fused-ring (bicyclic) bond motifs is 1. The maximum absolute atomic E-state index is 5.93. The van der Waals surface area contributed by atoms with Crippen molar-refractivity contribution in [2.75, 3.05) is 0 Å². The van der Waals surface area contributed by atoms with Crippen LogP contribution >= 0.6 is 23.4 Å². The van der Waals surface area contributed by atoms with E-state index < -0.39 is 0 Å². The molecule has 18 heavy (non-hydrogen) atoms. The molecule has 3 aromatic rings. The second-order valence-electron chi connectivity index (χ2n) is 3.58. The average Bonchev–Trinajstić information content (AvgIpc) is 2.40. The molecule has 0 radical (unpaired) electrons. The van der Waals surface area contributed by atoms with Crippen LogP contribution in [0, 0.1) is 0 Å². The maximum atomic E-state index is 5.93. The molecule has 0 bridgehead atoms. The van der Waals surface area contributed by atoms with Crippen molar-refractivity contribution in [3.8, 4) is 0 Å². The van der Waals surface area contributed by atoms with Crippen molar-refractivity contribution in [1.29, 1.82) is 0 Å². The summed E-state index contributed by atoms with van der Waals surface area (Å²) in [5.41, 5.74) is 0.843. The summed E-state index contributed by atoms with van der Waals surface area (Å²) in [5, 5.41) is 2.95. The Kier molecular flexibility index (Phi) is 3.13. The molecule has 1 aromatic carbocycles. The smallest absolute Gasteiger partial charge is 0.224 e. The Morgan fingerprint density at radius 2 is 1.78 bits per heavy atom. The molecule has 2 heterocycles. The van der Waals surface area contributed by atoms with E-state index in [1.54, 1.807) is 6.20 Å². The minimum atomic E-state index is 0.257. The SMILES string of the molecule is Clc1nc(Sc2ccccn2)c2ccccc2n1. The van der Waals surface area contributed by atoms with Crippen LogP contribution in [-0.4, -0.2) is 15.0 Å². The van der Waals surface area contributed by atoms with Crippen LogP contribution in [0.25, 0.3) is 10.9 Å². The van der Waals surface area contributed by atoms with E-state index in [-0.39, 0.29) is 5.28 Å². The molecular formula is C13H8ClN3S. The van der Waals surface area contributed by atoms with Crippen LogP contribution in [0.15, 0.2) is 58.7 Å². The fourth-order valence-corrected chi connectivity index (χ4v) is 2.70. The van der Waals surface area contributed by atoms with E-state index in [0.29, 0.717) is 0 Å². The number of benzene rings is 1. The van der Waals surface area contributed by atoms with E-state index in [9.17, 15) is 0 Å². The molecule has 2 aromatic heterocycles. The Bertz CT molecular complexity index is 688. The molecule has 0 unspecified atom stereocenters. The summed E-state index contributed by atoms with van der Waals surface area (Å²) in [7, 11) is 0. The Morgan fingerprint density at radius 1 is 0.944 bits per heavy atom. The van der Waals surface area contributed by atoms with E-state index in [1.807, 2.05) is 42.5 Å². The summed E-state index contributed by atoms with van der Waals surface area (Å²) in [4.78, 5) is 12.7. The van der Waals surface area contributed by atoms with Crippen molar-refractivity contribution in [3.63, 3.8) is 0 Å². The number of nitrogens with zero attached hydrogens (tertiary/aromatic N) is 3. The van der Waals surface area contributed by atoms with E-state index in [4.69, 9.17) is 11.6 Å². The van der Waals surface area contributed by atoms with Crippen LogP contribution in [0.5, 0.6) is 0 Å². The van der Waals surface area contributed by atoms with Gasteiger partial charge in [0.15, 0.2) is 0 Å². The van der Waals surface area contributed by atoms with Gasteiger partial charge < -0.3 is 0 Å². The minimum absolute atomic E-state index is 0.257. The molecule has 0 aliphatic heterocycles. The monoisotopic (exact) mass is 273 g/mol. The second kappa shape index (κ2) is 4.92. The van der Waals surface area contributed by atoms with Crippen LogP contribution in [0.3, 0.4) is 0 Å². The Morgan fingerprint density at radius 3 is 2.61 bits per heavy atom. The zero-order valence-corrected chi connectivity index (χ0v) is 10.8. The van der Waals surface area contributed by atoms with Crippen molar-refractivity contribution in [3.05, 3.63) is 53.9 Å². The predicted octanol–water partition coefficient (Wildman–Crippen LogP) is 3.83. The molecule has 0 spiro atoms. The van der Waals surface area contributed by atoms with Gasteiger partial charge in [0.1, 0.15) is 10.1 Å². The van der Waals surface area contributed by atoms with Crippen LogP contribution in [0.2, 0.25) is 5.28 Å². The summed E-state index contributed by atoms with van der Waals surface area (Å²) in [6, 6.07) is 13.6. The second-order valence-corrected chi connectivity index (χ2v) is 4.93. The molecule has 0 N–H and O–H groups in total. The third kappa shape index (κ3) is 2.30. The molecule has 0 aliphatic carbocycles. The Balaban J connectivity index is 2.11. The normalized spacial score (nSPS) is 10.7. The summed E-state index contributed by atoms with van der Waals surface area (Å²) >= 11 is 7.42. The topological polar surface area (TPSA) is 38.7 Å². The van der Waals surface area contributed by atoms with Crippen molar-refractivity contribution in [2.45, 2.75) is 10.1 Å². The van der Waals surface area contributed by atoms with Crippen molar-refractivity contribution < 1.29 is 0 Å². The molecule has 0 aliphatic rings. The third-order valence-electron chi connectivity index (χ3n) is 2.38. The first-order valence-corrected chi connectivity index (χ1v) is 6.53. The van der Waals surface area contributed by atoms with E-state index in [0.717, 1.165) is 21.0 Å². The van der Waals surface area contributed by atoms with Crippen molar-refractivity contribution in [1.82, 2.24) is 15.0 Å². The quantitative estimate of drug-likeness (QED) is 0.525. The molecular weight excluding hydrogens is 266 g/mol. The molecule has 88 valence electrons. The summed E-state index contributed by atoms with van der Waals surface area (Å²) in [5.74, 6) is 0. The molecule has 3 rings (SSSR count). The van der Waals surface area contributed by atoms with E-state index in [2.05, 4.69) is 15.0 Å². The molecule has 0 amide bonds. The number of hydrogen-bond donors (Lipinski definition) is 0. The molecule has 0 saturated carbocycles. The lowest BCUT2D eigenvalue weighted by atomic mass is 10.2. The number of para-hydroxylation sites is 1. The largest absolute Gasteiger partial charge is 0.250 e. The minimum Gasteiger partial charge on any atom is -0.250 e. The summed E-state index contributed by atoms with van der Waals surface area (Å²) in [6.07, 6.45) is 1.76. The lowest BCUT2D eigenvalue weighted by molar-refractivity contribution is 1.08. The van der Waals surface area contributed by atoms with Gasteiger partial charge in [-0.1, -0.05) is 24.3 Å². The van der Waals surface area contributed by atoms with Crippen LogP contribution in [0.4, 0.5) is 0 Å². The number of rotatable bonds is 2. The maximum Gasteiger partial charge on any atom is 0.224 e. The zero-order chi connectivity index (χ0) is 12.4. The van der Waals surface area contributed by atoms with Gasteiger partial charge in [0.05, 0.1) is 5.52 Å². The molecule has 0 atom stereocenters. The number of pyridine rings is 1. The fraction of sp³-hybridized carbons (Fsp3) is 0. The van der Waals surface area contributed by atoms with Gasteiger partial charge >= 0.3 is 0 Å². The Labute approximate surface area is 113 Å². The average molecular weight is 274 g/mol. The third-order valence-corrected chi connectivity index (χ3v) is 3.50. The highest BCUT2D eigenvalue weighted by molar-refractivity contribution is 7.99. The van der Waals surface area contributed by atoms with Gasteiger partial charge in [-0.05, 0) is 41.6 Å². The standard InChI is InChI=1S/C13H8ClN3S/c14-13-16-10-6-2-1-5-9(10)12(17-13)18-11-7-3-4-8-15-11/h1-8H. The van der Waals surface area contributed by atoms with Crippen molar-refractivity contribution in [2.24, 2.45) is 0 Å². The van der Waals surface area contributed by atoms with Crippen molar-refractivity contribution >= 4 is 34.3 Å². The van der Waals surface area contributed by atoms with Gasteiger partial charge in [0.2, 0.25) is 5.28 Å². The van der Waals surface area contributed by atoms with E-state index in [1.165, 1.54) is 11.8 Å². The zero-order valence-electron chi connectivity index (χ0n) is 9.25. The highest BCUT2D eigenvalue weighted by Gasteiger charge is 2.08. The van der Waals surface area contributed by atoms with Crippen LogP contribution < -0.4 is 0 Å². The van der Waals surface area contributed by atoms with Crippen LogP contribution in [-0.2, 0) is 0 Å². The first-order valence-electron chi connectivity index (χ1n) is 5.34. The van der Waals surface area contributed by atoms with Crippen LogP contribution in [0.1, 0.15) is 0 Å². The van der Waals surface area contributed by atoms with Gasteiger partial charge in [-0.25, -0.2) is 15.0 Å². The van der Waals surface area contributed by atoms with Gasteiger partial charge in [-0.2, -0.15) is 0 Å². The lowest BCUT2D eigenvalue weighted by Gasteiger charge is -2.04. The molecule has 3 nitrogen and oxygen atoms in total. The number of hydrogen-bond acceptors (Lipinski definition) is 4. The number of aromatic nitrogens is 3. The fourth-order valence-electron chi connectivity index (χ4n) is 1.60. The highest BCUT2D eigenvalue weighted by atomic mass is 35.5. The lowest BCUT2D eigenvalue weighted by Crippen LogP contribution is -1.89. The first-order chi connectivity index (χ1) is 8.83. The Hall–Kier alpha value is -1.65. The van der Waals surface area contributed by atoms with E-state index >= 15 is 0 Å². The van der Waals surface area contributed by atoms with Gasteiger partial charge in [0.25, 0.3) is 0 Å². The highest BCUT2D eigenvalue weighted by Crippen LogP contribution is 2.30. The summed E-state index contributed by atoms with van der Waals surface area (Å²) < 4.78 is 0. The van der Waals surface area contributed by atoms with Gasteiger partial charge in [-0.15, -0.1) is 0 Å². The predicted molar refractivity (Wildman–Crippen MR) is 72.9 cm³/mol. The molecule has 5 heteroatoms. The summed E-state index contributed by atoms with van der Waals surface area (Å²) in [6.45, 7) is 0. The van der Waals surface area contributed by atoms with Gasteiger partial charge in [-0.3, -0.25) is 0 Å².